The molecule has 2 nitrogen and oxygen atoms in total. The zero-order chi connectivity index (χ0) is 13.2. The quantitative estimate of drug-likeness (QED) is 0.668. The molecule has 0 aliphatic carbocycles. The van der Waals surface area contributed by atoms with Gasteiger partial charge in [0.15, 0.2) is 0 Å². The van der Waals surface area contributed by atoms with E-state index in [9.17, 15) is 0 Å². The average Bonchev–Trinajstić information content (AvgIpc) is 2.77. The summed E-state index contributed by atoms with van der Waals surface area (Å²) in [6.45, 7) is 2.11. The first-order valence-corrected chi connectivity index (χ1v) is 6.41. The molecule has 2 aromatic carbocycles. The first-order chi connectivity index (χ1) is 9.27. The SMILES string of the molecule is Cc1c(-c2ccccc2)nc(-c2ccccc2)n1C. The maximum atomic E-state index is 4.81. The van der Waals surface area contributed by atoms with E-state index in [1.165, 1.54) is 5.69 Å². The Hall–Kier alpha value is -2.35. The van der Waals surface area contributed by atoms with Gasteiger partial charge in [0.05, 0.1) is 5.69 Å². The van der Waals surface area contributed by atoms with Crippen molar-refractivity contribution in [1.82, 2.24) is 9.55 Å². The van der Waals surface area contributed by atoms with E-state index in [2.05, 4.69) is 42.8 Å². The highest BCUT2D eigenvalue weighted by Crippen LogP contribution is 2.27. The topological polar surface area (TPSA) is 17.8 Å². The van der Waals surface area contributed by atoms with Crippen molar-refractivity contribution in [3.63, 3.8) is 0 Å². The standard InChI is InChI=1S/C17H16N2/c1-13-16(14-9-5-3-6-10-14)18-17(19(13)2)15-11-7-4-8-12-15/h3-12H,1-2H3. The molecule has 0 amide bonds. The van der Waals surface area contributed by atoms with E-state index < -0.39 is 0 Å². The summed E-state index contributed by atoms with van der Waals surface area (Å²) in [5.74, 6) is 1.01. The molecule has 94 valence electrons. The summed E-state index contributed by atoms with van der Waals surface area (Å²) in [5, 5.41) is 0. The van der Waals surface area contributed by atoms with Gasteiger partial charge in [0.25, 0.3) is 0 Å². The fourth-order valence-corrected chi connectivity index (χ4v) is 2.29. The maximum absolute atomic E-state index is 4.81. The van der Waals surface area contributed by atoms with Gasteiger partial charge in [-0.3, -0.25) is 0 Å². The first-order valence-electron chi connectivity index (χ1n) is 6.41. The van der Waals surface area contributed by atoms with E-state index in [-0.39, 0.29) is 0 Å². The Bertz CT molecular complexity index is 622. The molecule has 1 heterocycles. The smallest absolute Gasteiger partial charge is 0.140 e. The molecule has 3 aromatic rings. The lowest BCUT2D eigenvalue weighted by atomic mass is 10.1. The molecule has 0 fully saturated rings. The number of rotatable bonds is 2. The number of benzene rings is 2. The summed E-state index contributed by atoms with van der Waals surface area (Å²) in [6, 6.07) is 20.6. The number of hydrogen-bond donors (Lipinski definition) is 0. The third-order valence-corrected chi connectivity index (χ3v) is 3.46. The van der Waals surface area contributed by atoms with Crippen molar-refractivity contribution >= 4 is 0 Å². The predicted molar refractivity (Wildman–Crippen MR) is 78.8 cm³/mol. The van der Waals surface area contributed by atoms with Gasteiger partial charge in [-0.2, -0.15) is 0 Å². The highest BCUT2D eigenvalue weighted by molar-refractivity contribution is 5.67. The van der Waals surface area contributed by atoms with Crippen LogP contribution in [0.25, 0.3) is 22.6 Å². The summed E-state index contributed by atoms with van der Waals surface area (Å²) >= 11 is 0. The third-order valence-electron chi connectivity index (χ3n) is 3.46. The number of aromatic nitrogens is 2. The summed E-state index contributed by atoms with van der Waals surface area (Å²) < 4.78 is 2.15. The lowest BCUT2D eigenvalue weighted by molar-refractivity contribution is 0.884. The molecule has 1 aromatic heterocycles. The number of imidazole rings is 1. The molecule has 0 aliphatic rings. The lowest BCUT2D eigenvalue weighted by Gasteiger charge is -2.02. The molecule has 0 N–H and O–H groups in total. The van der Waals surface area contributed by atoms with Crippen LogP contribution in [0.15, 0.2) is 60.7 Å². The molecule has 19 heavy (non-hydrogen) atoms. The second-order valence-electron chi connectivity index (χ2n) is 4.66. The average molecular weight is 248 g/mol. The van der Waals surface area contributed by atoms with Crippen molar-refractivity contribution in [1.29, 1.82) is 0 Å². The highest BCUT2D eigenvalue weighted by Gasteiger charge is 2.13. The van der Waals surface area contributed by atoms with Crippen LogP contribution >= 0.6 is 0 Å². The van der Waals surface area contributed by atoms with Crippen LogP contribution in [0, 0.1) is 6.92 Å². The predicted octanol–water partition coefficient (Wildman–Crippen LogP) is 4.06. The Kier molecular flexibility index (Phi) is 2.92. The largest absolute Gasteiger partial charge is 0.331 e. The van der Waals surface area contributed by atoms with Crippen LogP contribution in [0.5, 0.6) is 0 Å². The minimum absolute atomic E-state index is 1.01. The molecular weight excluding hydrogens is 232 g/mol. The van der Waals surface area contributed by atoms with Crippen molar-refractivity contribution in [3.8, 4) is 22.6 Å². The fraction of sp³-hybridized carbons (Fsp3) is 0.118. The molecule has 0 radical (unpaired) electrons. The molecule has 0 aliphatic heterocycles. The second kappa shape index (κ2) is 4.73. The van der Waals surface area contributed by atoms with Crippen LogP contribution in [0.1, 0.15) is 5.69 Å². The minimum atomic E-state index is 1.01. The van der Waals surface area contributed by atoms with Gasteiger partial charge >= 0.3 is 0 Å². The Morgan fingerprint density at radius 1 is 0.789 bits per heavy atom. The number of hydrogen-bond acceptors (Lipinski definition) is 1. The van der Waals surface area contributed by atoms with Crippen molar-refractivity contribution in [2.75, 3.05) is 0 Å². The van der Waals surface area contributed by atoms with E-state index in [0.717, 1.165) is 22.6 Å². The van der Waals surface area contributed by atoms with Crippen molar-refractivity contribution in [2.45, 2.75) is 6.92 Å². The fourth-order valence-electron chi connectivity index (χ4n) is 2.29. The van der Waals surface area contributed by atoms with Crippen LogP contribution in [0.2, 0.25) is 0 Å². The third kappa shape index (κ3) is 2.06. The molecule has 0 atom stereocenters. The summed E-state index contributed by atoms with van der Waals surface area (Å²) in [7, 11) is 2.07. The molecule has 0 saturated heterocycles. The van der Waals surface area contributed by atoms with Crippen LogP contribution in [-0.2, 0) is 7.05 Å². The van der Waals surface area contributed by atoms with Crippen LogP contribution in [0.4, 0.5) is 0 Å². The van der Waals surface area contributed by atoms with E-state index >= 15 is 0 Å². The molecule has 0 bridgehead atoms. The van der Waals surface area contributed by atoms with E-state index in [1.54, 1.807) is 0 Å². The monoisotopic (exact) mass is 248 g/mol. The Labute approximate surface area is 113 Å². The van der Waals surface area contributed by atoms with Crippen molar-refractivity contribution in [3.05, 3.63) is 66.4 Å². The van der Waals surface area contributed by atoms with Crippen LogP contribution in [-0.4, -0.2) is 9.55 Å². The minimum Gasteiger partial charge on any atom is -0.331 e. The zero-order valence-corrected chi connectivity index (χ0v) is 11.2. The molecule has 0 spiro atoms. The summed E-state index contributed by atoms with van der Waals surface area (Å²) in [5.41, 5.74) is 4.56. The number of nitrogens with zero attached hydrogens (tertiary/aromatic N) is 2. The van der Waals surface area contributed by atoms with Gasteiger partial charge in [-0.25, -0.2) is 4.98 Å². The second-order valence-corrected chi connectivity index (χ2v) is 4.66. The normalized spacial score (nSPS) is 10.6. The molecule has 0 unspecified atom stereocenters. The first kappa shape index (κ1) is 11.7. The van der Waals surface area contributed by atoms with Gasteiger partial charge in [-0.1, -0.05) is 60.7 Å². The van der Waals surface area contributed by atoms with E-state index in [4.69, 9.17) is 4.98 Å². The molecule has 0 saturated carbocycles. The van der Waals surface area contributed by atoms with Gasteiger partial charge < -0.3 is 4.57 Å². The highest BCUT2D eigenvalue weighted by atomic mass is 15.1. The van der Waals surface area contributed by atoms with Gasteiger partial charge in [0.1, 0.15) is 5.82 Å². The summed E-state index contributed by atoms with van der Waals surface area (Å²) in [6.07, 6.45) is 0. The van der Waals surface area contributed by atoms with Crippen molar-refractivity contribution in [2.24, 2.45) is 7.05 Å². The molecular formula is C17H16N2. The molecule has 2 heteroatoms. The van der Waals surface area contributed by atoms with Gasteiger partial charge in [0, 0.05) is 23.9 Å². The van der Waals surface area contributed by atoms with Gasteiger partial charge in [0.2, 0.25) is 0 Å². The maximum Gasteiger partial charge on any atom is 0.140 e. The van der Waals surface area contributed by atoms with Gasteiger partial charge in [-0.05, 0) is 6.92 Å². The Morgan fingerprint density at radius 2 is 1.32 bits per heavy atom. The Balaban J connectivity index is 2.16. The summed E-state index contributed by atoms with van der Waals surface area (Å²) in [4.78, 5) is 4.81. The lowest BCUT2D eigenvalue weighted by Crippen LogP contribution is -1.94. The van der Waals surface area contributed by atoms with Crippen LogP contribution in [0.3, 0.4) is 0 Å². The Morgan fingerprint density at radius 3 is 1.89 bits per heavy atom. The van der Waals surface area contributed by atoms with Gasteiger partial charge in [-0.15, -0.1) is 0 Å². The van der Waals surface area contributed by atoms with Crippen LogP contribution < -0.4 is 0 Å². The zero-order valence-electron chi connectivity index (χ0n) is 11.2. The molecule has 3 rings (SSSR count). The van der Waals surface area contributed by atoms with E-state index in [0.29, 0.717) is 0 Å². The van der Waals surface area contributed by atoms with Crippen molar-refractivity contribution < 1.29 is 0 Å². The van der Waals surface area contributed by atoms with E-state index in [1.807, 2.05) is 36.4 Å².